The van der Waals surface area contributed by atoms with Crippen molar-refractivity contribution in [2.24, 2.45) is 0 Å². The highest BCUT2D eigenvalue weighted by molar-refractivity contribution is 6.02. The maximum Gasteiger partial charge on any atom is 0.248 e. The number of benzene rings is 3. The number of hydrogen-bond acceptors (Lipinski definition) is 2. The molecular weight excluding hydrogens is 387 g/mol. The lowest BCUT2D eigenvalue weighted by molar-refractivity contribution is -0.111. The van der Waals surface area contributed by atoms with E-state index in [1.54, 1.807) is 18.2 Å². The van der Waals surface area contributed by atoms with Crippen LogP contribution in [0.1, 0.15) is 30.4 Å². The van der Waals surface area contributed by atoms with Crippen molar-refractivity contribution in [1.29, 1.82) is 0 Å². The van der Waals surface area contributed by atoms with E-state index in [9.17, 15) is 9.18 Å². The first-order chi connectivity index (χ1) is 15.2. The van der Waals surface area contributed by atoms with Gasteiger partial charge in [0.15, 0.2) is 0 Å². The molecule has 3 aromatic carbocycles. The van der Waals surface area contributed by atoms with Gasteiger partial charge in [0.25, 0.3) is 0 Å². The molecule has 1 N–H and O–H groups in total. The highest BCUT2D eigenvalue weighted by Gasteiger charge is 2.10. The van der Waals surface area contributed by atoms with Crippen LogP contribution in [0.5, 0.6) is 0 Å². The van der Waals surface area contributed by atoms with Crippen molar-refractivity contribution in [3.05, 3.63) is 95.8 Å². The van der Waals surface area contributed by atoms with Gasteiger partial charge in [0.2, 0.25) is 5.91 Å². The minimum Gasteiger partial charge on any atom is -0.323 e. The van der Waals surface area contributed by atoms with Gasteiger partial charge in [0.05, 0.1) is 0 Å². The number of carbonyl (C=O) groups is 1. The summed E-state index contributed by atoms with van der Waals surface area (Å²) >= 11 is 0. The first-order valence-corrected chi connectivity index (χ1v) is 10.8. The molecule has 1 heterocycles. The summed E-state index contributed by atoms with van der Waals surface area (Å²) in [7, 11) is 0. The summed E-state index contributed by atoms with van der Waals surface area (Å²) in [5, 5.41) is 2.91. The number of nitrogens with one attached hydrogen (secondary N) is 1. The molecule has 0 bridgehead atoms. The molecule has 1 aliphatic rings. The molecule has 4 heteroatoms. The molecule has 31 heavy (non-hydrogen) atoms. The summed E-state index contributed by atoms with van der Waals surface area (Å²) in [5.74, 6) is -0.424. The first kappa shape index (κ1) is 21.0. The molecule has 1 fully saturated rings. The lowest BCUT2D eigenvalue weighted by Gasteiger charge is -2.26. The highest BCUT2D eigenvalue weighted by Crippen LogP contribution is 2.21. The Morgan fingerprint density at radius 2 is 1.65 bits per heavy atom. The van der Waals surface area contributed by atoms with E-state index < -0.39 is 0 Å². The zero-order valence-electron chi connectivity index (χ0n) is 17.6. The van der Waals surface area contributed by atoms with Crippen molar-refractivity contribution in [2.75, 3.05) is 18.4 Å². The van der Waals surface area contributed by atoms with Gasteiger partial charge in [-0.25, -0.2) is 4.39 Å². The molecule has 0 aliphatic carbocycles. The molecule has 0 unspecified atom stereocenters. The second-order valence-corrected chi connectivity index (χ2v) is 7.99. The van der Waals surface area contributed by atoms with Gasteiger partial charge >= 0.3 is 0 Å². The minimum atomic E-state index is -0.254. The van der Waals surface area contributed by atoms with Crippen LogP contribution in [0.2, 0.25) is 0 Å². The van der Waals surface area contributed by atoms with Gasteiger partial charge in [-0.3, -0.25) is 9.69 Å². The predicted octanol–water partition coefficient (Wildman–Crippen LogP) is 6.13. The molecule has 0 spiro atoms. The average Bonchev–Trinajstić information content (AvgIpc) is 2.80. The first-order valence-electron chi connectivity index (χ1n) is 10.8. The second kappa shape index (κ2) is 10.2. The predicted molar refractivity (Wildman–Crippen MR) is 125 cm³/mol. The van der Waals surface area contributed by atoms with Crippen molar-refractivity contribution in [1.82, 2.24) is 4.90 Å². The van der Waals surface area contributed by atoms with Crippen LogP contribution in [0.4, 0.5) is 10.1 Å². The molecule has 1 saturated heterocycles. The Labute approximate surface area is 183 Å². The number of carbonyl (C=O) groups excluding carboxylic acids is 1. The largest absolute Gasteiger partial charge is 0.323 e. The molecule has 1 aliphatic heterocycles. The van der Waals surface area contributed by atoms with Crippen molar-refractivity contribution in [3.63, 3.8) is 0 Å². The maximum atomic E-state index is 13.1. The Bertz CT molecular complexity index is 1040. The summed E-state index contributed by atoms with van der Waals surface area (Å²) in [5.41, 5.74) is 4.89. The van der Waals surface area contributed by atoms with Crippen molar-refractivity contribution < 1.29 is 9.18 Å². The molecule has 4 rings (SSSR count). The van der Waals surface area contributed by atoms with Gasteiger partial charge in [-0.15, -0.1) is 0 Å². The minimum absolute atomic E-state index is 0.170. The molecule has 158 valence electrons. The standard InChI is InChI=1S/C27H27FN2O/c28-25-12-10-23(11-13-25)24-6-4-5-21(19-24)9-16-27(31)29-26-14-7-22(8-15-26)20-30-17-2-1-3-18-30/h4-16,19H,1-3,17-18,20H2,(H,29,31)/b16-9+. The number of likely N-dealkylation sites (tertiary alicyclic amines) is 1. The van der Waals surface area contributed by atoms with E-state index in [4.69, 9.17) is 0 Å². The third-order valence-corrected chi connectivity index (χ3v) is 5.57. The summed E-state index contributed by atoms with van der Waals surface area (Å²) in [6.45, 7) is 3.32. The fourth-order valence-corrected chi connectivity index (χ4v) is 3.89. The number of rotatable bonds is 6. The van der Waals surface area contributed by atoms with Crippen molar-refractivity contribution >= 4 is 17.7 Å². The number of anilines is 1. The van der Waals surface area contributed by atoms with E-state index in [1.807, 2.05) is 36.4 Å². The van der Waals surface area contributed by atoms with E-state index in [2.05, 4.69) is 22.3 Å². The molecular formula is C27H27FN2O. The van der Waals surface area contributed by atoms with Crippen molar-refractivity contribution in [3.8, 4) is 11.1 Å². The fraction of sp³-hybridized carbons (Fsp3) is 0.222. The zero-order chi connectivity index (χ0) is 21.5. The van der Waals surface area contributed by atoms with Gasteiger partial charge < -0.3 is 5.32 Å². The summed E-state index contributed by atoms with van der Waals surface area (Å²) < 4.78 is 13.1. The van der Waals surface area contributed by atoms with Gasteiger partial charge in [-0.2, -0.15) is 0 Å². The molecule has 1 amide bonds. The lowest BCUT2D eigenvalue weighted by atomic mass is 10.0. The number of nitrogens with zero attached hydrogens (tertiary/aromatic N) is 1. The number of halogens is 1. The number of hydrogen-bond donors (Lipinski definition) is 1. The van der Waals surface area contributed by atoms with Crippen LogP contribution in [-0.4, -0.2) is 23.9 Å². The average molecular weight is 415 g/mol. The molecule has 0 radical (unpaired) electrons. The van der Waals surface area contributed by atoms with E-state index >= 15 is 0 Å². The Morgan fingerprint density at radius 1 is 0.903 bits per heavy atom. The van der Waals surface area contributed by atoms with Crippen LogP contribution in [0, 0.1) is 5.82 Å². The summed E-state index contributed by atoms with van der Waals surface area (Å²) in [6, 6.07) is 22.3. The fourth-order valence-electron chi connectivity index (χ4n) is 3.89. The Hall–Kier alpha value is -3.24. The van der Waals surface area contributed by atoms with Crippen LogP contribution < -0.4 is 5.32 Å². The summed E-state index contributed by atoms with van der Waals surface area (Å²) in [4.78, 5) is 14.8. The normalized spacial score (nSPS) is 14.6. The van der Waals surface area contributed by atoms with Crippen LogP contribution in [0.3, 0.4) is 0 Å². The SMILES string of the molecule is O=C(/C=C/c1cccc(-c2ccc(F)cc2)c1)Nc1ccc(CN2CCCCC2)cc1. The van der Waals surface area contributed by atoms with Crippen LogP contribution in [0.15, 0.2) is 78.9 Å². The van der Waals surface area contributed by atoms with Crippen molar-refractivity contribution in [2.45, 2.75) is 25.8 Å². The molecule has 3 nitrogen and oxygen atoms in total. The third-order valence-electron chi connectivity index (χ3n) is 5.57. The van der Waals surface area contributed by atoms with E-state index in [0.717, 1.165) is 28.9 Å². The van der Waals surface area contributed by atoms with Gasteiger partial charge in [0, 0.05) is 18.3 Å². The second-order valence-electron chi connectivity index (χ2n) is 7.99. The Balaban J connectivity index is 1.34. The Morgan fingerprint density at radius 3 is 2.39 bits per heavy atom. The summed E-state index contributed by atoms with van der Waals surface area (Å²) in [6.07, 6.45) is 7.23. The van der Waals surface area contributed by atoms with Gasteiger partial charge in [-0.1, -0.05) is 48.9 Å². The lowest BCUT2D eigenvalue weighted by Crippen LogP contribution is -2.29. The highest BCUT2D eigenvalue weighted by atomic mass is 19.1. The van der Waals surface area contributed by atoms with E-state index in [0.29, 0.717) is 0 Å². The van der Waals surface area contributed by atoms with Gasteiger partial charge in [-0.05, 0) is 84.6 Å². The van der Waals surface area contributed by atoms with Crippen LogP contribution in [-0.2, 0) is 11.3 Å². The maximum absolute atomic E-state index is 13.1. The van der Waals surface area contributed by atoms with Crippen LogP contribution >= 0.6 is 0 Å². The third kappa shape index (κ3) is 6.12. The van der Waals surface area contributed by atoms with Gasteiger partial charge in [0.1, 0.15) is 5.82 Å². The molecule has 3 aromatic rings. The quantitative estimate of drug-likeness (QED) is 0.492. The van der Waals surface area contributed by atoms with E-state index in [-0.39, 0.29) is 11.7 Å². The monoisotopic (exact) mass is 414 g/mol. The molecule has 0 atom stereocenters. The zero-order valence-corrected chi connectivity index (χ0v) is 17.6. The van der Waals surface area contributed by atoms with Crippen LogP contribution in [0.25, 0.3) is 17.2 Å². The number of amides is 1. The van der Waals surface area contributed by atoms with E-state index in [1.165, 1.54) is 56.1 Å². The molecule has 0 saturated carbocycles. The Kier molecular flexibility index (Phi) is 6.90. The molecule has 0 aromatic heterocycles. The topological polar surface area (TPSA) is 32.3 Å². The smallest absolute Gasteiger partial charge is 0.248 e. The number of piperidine rings is 1.